The number of piperidine rings is 1. The maximum atomic E-state index is 13.3. The summed E-state index contributed by atoms with van der Waals surface area (Å²) in [6.45, 7) is 1.67. The van der Waals surface area contributed by atoms with Gasteiger partial charge >= 0.3 is 0 Å². The summed E-state index contributed by atoms with van der Waals surface area (Å²) in [7, 11) is -3.74. The van der Waals surface area contributed by atoms with E-state index in [1.54, 1.807) is 0 Å². The van der Waals surface area contributed by atoms with Crippen molar-refractivity contribution in [3.8, 4) is 0 Å². The van der Waals surface area contributed by atoms with Crippen molar-refractivity contribution in [3.05, 3.63) is 29.6 Å². The highest BCUT2D eigenvalue weighted by Crippen LogP contribution is 2.66. The first-order valence-corrected chi connectivity index (χ1v) is 8.26. The van der Waals surface area contributed by atoms with Crippen LogP contribution in [-0.2, 0) is 10.0 Å². The van der Waals surface area contributed by atoms with E-state index in [1.165, 1.54) is 23.4 Å². The third kappa shape index (κ3) is 2.26. The predicted octanol–water partition coefficient (Wildman–Crippen LogP) is 2.94. The number of aryl methyl sites for hydroxylation is 1. The molecule has 7 heteroatoms. The van der Waals surface area contributed by atoms with Crippen LogP contribution in [0.1, 0.15) is 24.8 Å². The quantitative estimate of drug-likeness (QED) is 0.840. The molecule has 3 nitrogen and oxygen atoms in total. The van der Waals surface area contributed by atoms with Crippen LogP contribution in [0.15, 0.2) is 23.1 Å². The highest BCUT2D eigenvalue weighted by molar-refractivity contribution is 7.89. The van der Waals surface area contributed by atoms with Crippen molar-refractivity contribution in [1.82, 2.24) is 4.31 Å². The summed E-state index contributed by atoms with van der Waals surface area (Å²) >= 11 is 0. The predicted molar refractivity (Wildman–Crippen MR) is 71.1 cm³/mol. The molecule has 1 spiro atoms. The molecule has 0 aromatic heterocycles. The Morgan fingerprint density at radius 2 is 1.76 bits per heavy atom. The second-order valence-corrected chi connectivity index (χ2v) is 7.91. The molecule has 0 atom stereocenters. The largest absolute Gasteiger partial charge is 0.254 e. The molecule has 1 aromatic carbocycles. The summed E-state index contributed by atoms with van der Waals surface area (Å²) in [5.74, 6) is -3.11. The second-order valence-electron chi connectivity index (χ2n) is 5.98. The molecular weight excluding hydrogens is 303 g/mol. The molecule has 0 bridgehead atoms. The molecule has 0 amide bonds. The summed E-state index contributed by atoms with van der Waals surface area (Å²) in [5.41, 5.74) is -0.740. The number of halogens is 3. The van der Waals surface area contributed by atoms with Crippen molar-refractivity contribution in [1.29, 1.82) is 0 Å². The molecule has 2 aliphatic rings. The van der Waals surface area contributed by atoms with Crippen molar-refractivity contribution < 1.29 is 21.6 Å². The number of nitrogens with zero attached hydrogens (tertiary/aromatic N) is 1. The molecule has 0 radical (unpaired) electrons. The zero-order chi connectivity index (χ0) is 15.5. The Morgan fingerprint density at radius 1 is 1.19 bits per heavy atom. The molecule has 1 saturated heterocycles. The van der Waals surface area contributed by atoms with E-state index in [9.17, 15) is 21.6 Å². The Morgan fingerprint density at radius 3 is 2.24 bits per heavy atom. The third-order valence-corrected chi connectivity index (χ3v) is 6.55. The number of rotatable bonds is 2. The molecule has 1 aromatic rings. The van der Waals surface area contributed by atoms with E-state index >= 15 is 0 Å². The lowest BCUT2D eigenvalue weighted by Gasteiger charge is -2.31. The van der Waals surface area contributed by atoms with Crippen molar-refractivity contribution in [2.75, 3.05) is 13.1 Å². The molecule has 1 heterocycles. The molecule has 2 fully saturated rings. The molecule has 1 aliphatic carbocycles. The zero-order valence-electron chi connectivity index (χ0n) is 11.6. The lowest BCUT2D eigenvalue weighted by Crippen LogP contribution is -2.40. The highest BCUT2D eigenvalue weighted by Gasteiger charge is 2.70. The number of alkyl halides is 2. The van der Waals surface area contributed by atoms with Crippen LogP contribution in [0.25, 0.3) is 0 Å². The third-order valence-electron chi connectivity index (χ3n) is 4.66. The van der Waals surface area contributed by atoms with Gasteiger partial charge in [-0.3, -0.25) is 0 Å². The minimum absolute atomic E-state index is 0.0138. The van der Waals surface area contributed by atoms with Crippen LogP contribution >= 0.6 is 0 Å². The lowest BCUT2D eigenvalue weighted by molar-refractivity contribution is 0.0426. The average molecular weight is 319 g/mol. The Kier molecular flexibility index (Phi) is 3.15. The summed E-state index contributed by atoms with van der Waals surface area (Å²) in [6, 6.07) is 3.61. The Labute approximate surface area is 121 Å². The van der Waals surface area contributed by atoms with Crippen molar-refractivity contribution in [2.45, 2.75) is 37.0 Å². The van der Waals surface area contributed by atoms with E-state index in [0.29, 0.717) is 0 Å². The molecule has 116 valence electrons. The van der Waals surface area contributed by atoms with Gasteiger partial charge in [0.15, 0.2) is 0 Å². The summed E-state index contributed by atoms with van der Waals surface area (Å²) in [6.07, 6.45) is 0.225. The summed E-state index contributed by atoms with van der Waals surface area (Å²) in [5, 5.41) is 0. The van der Waals surface area contributed by atoms with E-state index < -0.39 is 27.2 Å². The standard InChI is InChI=1S/C14H16F3NO2S/c1-10-8-11(2-3-12(10)15)21(19,20)18-6-4-13(5-7-18)9-14(13,16)17/h2-3,8H,4-7,9H2,1H3. The van der Waals surface area contributed by atoms with Gasteiger partial charge < -0.3 is 0 Å². The fourth-order valence-corrected chi connectivity index (χ4v) is 4.53. The van der Waals surface area contributed by atoms with Gasteiger partial charge in [0.05, 0.1) is 4.90 Å². The van der Waals surface area contributed by atoms with Crippen molar-refractivity contribution in [3.63, 3.8) is 0 Å². The topological polar surface area (TPSA) is 37.4 Å². The second kappa shape index (κ2) is 4.46. The molecule has 21 heavy (non-hydrogen) atoms. The molecule has 1 aliphatic heterocycles. The van der Waals surface area contributed by atoms with Gasteiger partial charge in [-0.05, 0) is 43.5 Å². The van der Waals surface area contributed by atoms with Crippen LogP contribution in [0.2, 0.25) is 0 Å². The highest BCUT2D eigenvalue weighted by atomic mass is 32.2. The molecule has 1 saturated carbocycles. The van der Waals surface area contributed by atoms with E-state index in [4.69, 9.17) is 0 Å². The van der Waals surface area contributed by atoms with Crippen LogP contribution in [0.4, 0.5) is 13.2 Å². The number of hydrogen-bond acceptors (Lipinski definition) is 2. The van der Waals surface area contributed by atoms with Crippen LogP contribution in [0.5, 0.6) is 0 Å². The Bertz CT molecular complexity index is 679. The number of sulfonamides is 1. The maximum Gasteiger partial charge on any atom is 0.254 e. The van der Waals surface area contributed by atoms with Crippen molar-refractivity contribution >= 4 is 10.0 Å². The number of benzene rings is 1. The van der Waals surface area contributed by atoms with Gasteiger partial charge in [-0.25, -0.2) is 21.6 Å². The average Bonchev–Trinajstić information content (AvgIpc) is 2.93. The van der Waals surface area contributed by atoms with Gasteiger partial charge in [-0.2, -0.15) is 4.31 Å². The first-order valence-electron chi connectivity index (χ1n) is 6.82. The fraction of sp³-hybridized carbons (Fsp3) is 0.571. The fourth-order valence-electron chi connectivity index (χ4n) is 3.00. The van der Waals surface area contributed by atoms with Crippen molar-refractivity contribution in [2.24, 2.45) is 5.41 Å². The first-order chi connectivity index (χ1) is 9.68. The van der Waals surface area contributed by atoms with E-state index in [-0.39, 0.29) is 42.8 Å². The van der Waals surface area contributed by atoms with E-state index in [2.05, 4.69) is 0 Å². The molecule has 0 unspecified atom stereocenters. The Hall–Kier alpha value is -1.08. The Balaban J connectivity index is 1.79. The van der Waals surface area contributed by atoms with Crippen LogP contribution in [0.3, 0.4) is 0 Å². The lowest BCUT2D eigenvalue weighted by atomic mass is 9.94. The van der Waals surface area contributed by atoms with Gasteiger partial charge in [0, 0.05) is 24.9 Å². The van der Waals surface area contributed by atoms with Crippen LogP contribution in [0, 0.1) is 18.2 Å². The summed E-state index contributed by atoms with van der Waals surface area (Å²) < 4.78 is 66.0. The van der Waals surface area contributed by atoms with Gasteiger partial charge in [0.1, 0.15) is 5.82 Å². The van der Waals surface area contributed by atoms with Gasteiger partial charge in [-0.15, -0.1) is 0 Å². The smallest absolute Gasteiger partial charge is 0.207 e. The SMILES string of the molecule is Cc1cc(S(=O)(=O)N2CCC3(CC2)CC3(F)F)ccc1F. The molecule has 0 N–H and O–H groups in total. The monoisotopic (exact) mass is 319 g/mol. The first kappa shape index (κ1) is 14.8. The van der Waals surface area contributed by atoms with Crippen LogP contribution < -0.4 is 0 Å². The number of hydrogen-bond donors (Lipinski definition) is 0. The van der Waals surface area contributed by atoms with Crippen LogP contribution in [-0.4, -0.2) is 31.7 Å². The molecule has 3 rings (SSSR count). The van der Waals surface area contributed by atoms with Gasteiger partial charge in [0.25, 0.3) is 5.92 Å². The van der Waals surface area contributed by atoms with Gasteiger partial charge in [-0.1, -0.05) is 0 Å². The minimum Gasteiger partial charge on any atom is -0.207 e. The minimum atomic E-state index is -3.74. The normalized spacial score (nSPS) is 24.2. The zero-order valence-corrected chi connectivity index (χ0v) is 12.4. The van der Waals surface area contributed by atoms with E-state index in [1.807, 2.05) is 0 Å². The maximum absolute atomic E-state index is 13.3. The van der Waals surface area contributed by atoms with Gasteiger partial charge in [0.2, 0.25) is 10.0 Å². The molecular formula is C14H16F3NO2S. The summed E-state index contributed by atoms with van der Waals surface area (Å²) in [4.78, 5) is 0.0138. The van der Waals surface area contributed by atoms with E-state index in [0.717, 1.165) is 6.07 Å².